The van der Waals surface area contributed by atoms with E-state index in [9.17, 15) is 0 Å². The molecule has 0 aliphatic rings. The SMILES string of the molecule is CCC[C](C)c1cccc2ccccc12. The van der Waals surface area contributed by atoms with Gasteiger partial charge in [-0.15, -0.1) is 0 Å². The fourth-order valence-electron chi connectivity index (χ4n) is 2.11. The summed E-state index contributed by atoms with van der Waals surface area (Å²) in [6, 6.07) is 15.2. The number of hydrogen-bond donors (Lipinski definition) is 0. The highest BCUT2D eigenvalue weighted by atomic mass is 14.1. The van der Waals surface area contributed by atoms with E-state index >= 15 is 0 Å². The molecule has 0 N–H and O–H groups in total. The van der Waals surface area contributed by atoms with Gasteiger partial charge in [0, 0.05) is 5.92 Å². The Morgan fingerprint density at radius 2 is 1.73 bits per heavy atom. The topological polar surface area (TPSA) is 0 Å². The Morgan fingerprint density at radius 3 is 2.53 bits per heavy atom. The van der Waals surface area contributed by atoms with Gasteiger partial charge >= 0.3 is 0 Å². The first kappa shape index (κ1) is 10.2. The molecular weight excluding hydrogens is 180 g/mol. The lowest BCUT2D eigenvalue weighted by molar-refractivity contribution is 0.832. The molecule has 2 aromatic carbocycles. The molecular formula is C15H17. The molecule has 0 unspecified atom stereocenters. The highest BCUT2D eigenvalue weighted by molar-refractivity contribution is 5.87. The average molecular weight is 197 g/mol. The van der Waals surface area contributed by atoms with E-state index in [4.69, 9.17) is 0 Å². The molecule has 0 amide bonds. The van der Waals surface area contributed by atoms with Crippen molar-refractivity contribution >= 4 is 10.8 Å². The van der Waals surface area contributed by atoms with E-state index in [1.807, 2.05) is 0 Å². The highest BCUT2D eigenvalue weighted by Gasteiger charge is 2.07. The molecule has 0 spiro atoms. The maximum absolute atomic E-state index is 2.24. The fourth-order valence-corrected chi connectivity index (χ4v) is 2.11. The molecule has 0 fully saturated rings. The molecule has 1 radical (unpaired) electrons. The van der Waals surface area contributed by atoms with Gasteiger partial charge in [-0.3, -0.25) is 0 Å². The summed E-state index contributed by atoms with van der Waals surface area (Å²) in [5.74, 6) is 1.49. The van der Waals surface area contributed by atoms with Gasteiger partial charge in [0.1, 0.15) is 0 Å². The van der Waals surface area contributed by atoms with Crippen molar-refractivity contribution in [1.29, 1.82) is 0 Å². The molecule has 0 aliphatic heterocycles. The van der Waals surface area contributed by atoms with Gasteiger partial charge in [-0.2, -0.15) is 0 Å². The zero-order chi connectivity index (χ0) is 10.7. The molecule has 15 heavy (non-hydrogen) atoms. The lowest BCUT2D eigenvalue weighted by Crippen LogP contribution is -1.94. The van der Waals surface area contributed by atoms with Crippen LogP contribution < -0.4 is 0 Å². The smallest absolute Gasteiger partial charge is 0.00251 e. The number of fused-ring (bicyclic) bond motifs is 1. The standard InChI is InChI=1S/C15H17/c1-3-7-12(2)14-11-6-9-13-8-4-5-10-15(13)14/h4-6,8-11H,3,7H2,1-2H3. The zero-order valence-corrected chi connectivity index (χ0v) is 9.46. The first-order chi connectivity index (χ1) is 7.33. The third kappa shape index (κ3) is 2.04. The van der Waals surface area contributed by atoms with E-state index < -0.39 is 0 Å². The summed E-state index contributed by atoms with van der Waals surface area (Å²) in [6.45, 7) is 4.47. The number of hydrogen-bond acceptors (Lipinski definition) is 0. The van der Waals surface area contributed by atoms with Crippen LogP contribution in [-0.4, -0.2) is 0 Å². The molecule has 0 heterocycles. The van der Waals surface area contributed by atoms with Gasteiger partial charge in [0.25, 0.3) is 0 Å². The summed E-state index contributed by atoms with van der Waals surface area (Å²) in [4.78, 5) is 0. The van der Waals surface area contributed by atoms with Crippen molar-refractivity contribution in [3.8, 4) is 0 Å². The minimum absolute atomic E-state index is 1.19. The minimum Gasteiger partial charge on any atom is -0.0654 e. The second kappa shape index (κ2) is 4.48. The van der Waals surface area contributed by atoms with E-state index in [2.05, 4.69) is 56.3 Å². The largest absolute Gasteiger partial charge is 0.0654 e. The van der Waals surface area contributed by atoms with Crippen LogP contribution in [0.15, 0.2) is 42.5 Å². The quantitative estimate of drug-likeness (QED) is 0.675. The molecule has 0 saturated heterocycles. The maximum atomic E-state index is 2.24. The van der Waals surface area contributed by atoms with Crippen molar-refractivity contribution in [2.45, 2.75) is 26.7 Å². The Labute approximate surface area is 91.9 Å². The van der Waals surface area contributed by atoms with Gasteiger partial charge in [0.2, 0.25) is 0 Å². The summed E-state index contributed by atoms with van der Waals surface area (Å²) in [7, 11) is 0. The van der Waals surface area contributed by atoms with Gasteiger partial charge in [-0.25, -0.2) is 0 Å². The van der Waals surface area contributed by atoms with Crippen LogP contribution in [-0.2, 0) is 0 Å². The normalized spacial score (nSPS) is 11.1. The van der Waals surface area contributed by atoms with E-state index in [1.54, 1.807) is 0 Å². The van der Waals surface area contributed by atoms with Gasteiger partial charge in [-0.1, -0.05) is 62.7 Å². The van der Waals surface area contributed by atoms with E-state index in [-0.39, 0.29) is 0 Å². The molecule has 0 nitrogen and oxygen atoms in total. The van der Waals surface area contributed by atoms with E-state index in [0.29, 0.717) is 0 Å². The first-order valence-corrected chi connectivity index (χ1v) is 5.63. The van der Waals surface area contributed by atoms with Crippen LogP contribution in [0.5, 0.6) is 0 Å². The Bertz CT molecular complexity index is 437. The number of benzene rings is 2. The first-order valence-electron chi connectivity index (χ1n) is 5.63. The lowest BCUT2D eigenvalue weighted by atomic mass is 9.92. The van der Waals surface area contributed by atoms with Crippen LogP contribution in [0, 0.1) is 5.92 Å². The van der Waals surface area contributed by atoms with E-state index in [1.165, 1.54) is 35.1 Å². The lowest BCUT2D eigenvalue weighted by Gasteiger charge is -2.12. The Kier molecular flexibility index (Phi) is 3.05. The molecule has 0 aromatic heterocycles. The Morgan fingerprint density at radius 1 is 1.00 bits per heavy atom. The molecule has 77 valence electrons. The summed E-state index contributed by atoms with van der Waals surface area (Å²) >= 11 is 0. The van der Waals surface area contributed by atoms with Crippen LogP contribution in [0.25, 0.3) is 10.8 Å². The Balaban J connectivity index is 2.50. The molecule has 0 bridgehead atoms. The van der Waals surface area contributed by atoms with Crippen molar-refractivity contribution in [2.75, 3.05) is 0 Å². The van der Waals surface area contributed by atoms with Crippen LogP contribution in [0.3, 0.4) is 0 Å². The van der Waals surface area contributed by atoms with Crippen molar-refractivity contribution in [1.82, 2.24) is 0 Å². The summed E-state index contributed by atoms with van der Waals surface area (Å²) < 4.78 is 0. The summed E-state index contributed by atoms with van der Waals surface area (Å²) in [5, 5.41) is 2.72. The predicted molar refractivity (Wildman–Crippen MR) is 66.9 cm³/mol. The van der Waals surface area contributed by atoms with Crippen molar-refractivity contribution < 1.29 is 0 Å². The summed E-state index contributed by atoms with van der Waals surface area (Å²) in [5.41, 5.74) is 1.41. The molecule has 2 aromatic rings. The molecule has 0 aliphatic carbocycles. The van der Waals surface area contributed by atoms with Crippen LogP contribution in [0.4, 0.5) is 0 Å². The van der Waals surface area contributed by atoms with E-state index in [0.717, 1.165) is 0 Å². The number of rotatable bonds is 3. The van der Waals surface area contributed by atoms with Crippen molar-refractivity contribution in [3.05, 3.63) is 53.9 Å². The van der Waals surface area contributed by atoms with Gasteiger partial charge in [0.05, 0.1) is 0 Å². The van der Waals surface area contributed by atoms with Crippen LogP contribution in [0.2, 0.25) is 0 Å². The second-order valence-corrected chi connectivity index (χ2v) is 4.06. The molecule has 0 atom stereocenters. The average Bonchev–Trinajstić information content (AvgIpc) is 2.28. The Hall–Kier alpha value is -1.30. The molecule has 0 heteroatoms. The molecule has 0 saturated carbocycles. The van der Waals surface area contributed by atoms with Gasteiger partial charge in [-0.05, 0) is 22.8 Å². The third-order valence-corrected chi connectivity index (χ3v) is 2.87. The highest BCUT2D eigenvalue weighted by Crippen LogP contribution is 2.27. The van der Waals surface area contributed by atoms with Gasteiger partial charge < -0.3 is 0 Å². The van der Waals surface area contributed by atoms with Crippen molar-refractivity contribution in [2.24, 2.45) is 0 Å². The zero-order valence-electron chi connectivity index (χ0n) is 9.46. The second-order valence-electron chi connectivity index (χ2n) is 4.06. The minimum atomic E-state index is 1.19. The third-order valence-electron chi connectivity index (χ3n) is 2.87. The predicted octanol–water partition coefficient (Wildman–Crippen LogP) is 4.58. The van der Waals surface area contributed by atoms with Gasteiger partial charge in [0.15, 0.2) is 0 Å². The fraction of sp³-hybridized carbons (Fsp3) is 0.267. The monoisotopic (exact) mass is 197 g/mol. The summed E-state index contributed by atoms with van der Waals surface area (Å²) in [6.07, 6.45) is 2.41. The van der Waals surface area contributed by atoms with Crippen molar-refractivity contribution in [3.63, 3.8) is 0 Å². The maximum Gasteiger partial charge on any atom is 0.00251 e. The molecule has 2 rings (SSSR count). The van der Waals surface area contributed by atoms with Crippen LogP contribution >= 0.6 is 0 Å². The van der Waals surface area contributed by atoms with Crippen LogP contribution in [0.1, 0.15) is 32.3 Å².